The third-order valence-electron chi connectivity index (χ3n) is 3.46. The fourth-order valence-corrected chi connectivity index (χ4v) is 2.60. The fourth-order valence-electron chi connectivity index (χ4n) is 2.60. The SMILES string of the molecule is Cc1cc(C)c2c(cnn2-c2ccc(F)cc2)c1[N+](=O)[O-]. The van der Waals surface area contributed by atoms with Crippen molar-refractivity contribution in [2.45, 2.75) is 13.8 Å². The summed E-state index contributed by atoms with van der Waals surface area (Å²) >= 11 is 0. The van der Waals surface area contributed by atoms with E-state index < -0.39 is 4.92 Å². The Labute approximate surface area is 119 Å². The van der Waals surface area contributed by atoms with Crippen LogP contribution in [-0.4, -0.2) is 14.7 Å². The molecule has 3 rings (SSSR count). The highest BCUT2D eigenvalue weighted by Crippen LogP contribution is 2.32. The molecule has 0 aliphatic heterocycles. The average Bonchev–Trinajstić information content (AvgIpc) is 2.84. The molecule has 2 aromatic carbocycles. The van der Waals surface area contributed by atoms with Crippen LogP contribution in [0.2, 0.25) is 0 Å². The molecule has 0 saturated heterocycles. The van der Waals surface area contributed by atoms with Gasteiger partial charge in [0, 0.05) is 5.56 Å². The predicted octanol–water partition coefficient (Wildman–Crippen LogP) is 3.69. The van der Waals surface area contributed by atoms with E-state index in [1.165, 1.54) is 18.3 Å². The molecular weight excluding hydrogens is 273 g/mol. The standard InChI is InChI=1S/C15H12FN3O2/c1-9-7-10(2)15(19(20)21)13-8-17-18(14(9)13)12-5-3-11(16)4-6-12/h3-8H,1-2H3. The van der Waals surface area contributed by atoms with Crippen LogP contribution >= 0.6 is 0 Å². The van der Waals surface area contributed by atoms with Crippen LogP contribution < -0.4 is 0 Å². The Balaban J connectivity index is 2.34. The van der Waals surface area contributed by atoms with Gasteiger partial charge in [0.15, 0.2) is 0 Å². The lowest BCUT2D eigenvalue weighted by Crippen LogP contribution is -1.99. The molecule has 0 spiro atoms. The highest BCUT2D eigenvalue weighted by molar-refractivity contribution is 5.92. The summed E-state index contributed by atoms with van der Waals surface area (Å²) in [7, 11) is 0. The number of nitrogens with zero attached hydrogens (tertiary/aromatic N) is 3. The first-order valence-corrected chi connectivity index (χ1v) is 6.37. The van der Waals surface area contributed by atoms with E-state index >= 15 is 0 Å². The van der Waals surface area contributed by atoms with E-state index in [0.717, 1.165) is 5.56 Å². The van der Waals surface area contributed by atoms with Crippen molar-refractivity contribution in [3.8, 4) is 5.69 Å². The van der Waals surface area contributed by atoms with Crippen molar-refractivity contribution in [3.63, 3.8) is 0 Å². The summed E-state index contributed by atoms with van der Waals surface area (Å²) in [6.07, 6.45) is 1.48. The number of benzene rings is 2. The number of nitro groups is 1. The number of nitro benzene ring substituents is 1. The van der Waals surface area contributed by atoms with Crippen molar-refractivity contribution >= 4 is 16.6 Å². The molecule has 0 bridgehead atoms. The maximum atomic E-state index is 13.0. The van der Waals surface area contributed by atoms with E-state index in [-0.39, 0.29) is 11.5 Å². The van der Waals surface area contributed by atoms with Gasteiger partial charge in [0.2, 0.25) is 0 Å². The van der Waals surface area contributed by atoms with Gasteiger partial charge in [-0.05, 0) is 49.7 Å². The van der Waals surface area contributed by atoms with E-state index in [1.807, 2.05) is 6.92 Å². The lowest BCUT2D eigenvalue weighted by molar-refractivity contribution is -0.383. The van der Waals surface area contributed by atoms with Crippen LogP contribution in [0.15, 0.2) is 36.5 Å². The lowest BCUT2D eigenvalue weighted by atomic mass is 10.1. The minimum Gasteiger partial charge on any atom is -0.258 e. The van der Waals surface area contributed by atoms with Crippen molar-refractivity contribution in [1.82, 2.24) is 9.78 Å². The van der Waals surface area contributed by atoms with Crippen LogP contribution in [0.25, 0.3) is 16.6 Å². The van der Waals surface area contributed by atoms with E-state index in [0.29, 0.717) is 22.2 Å². The van der Waals surface area contributed by atoms with E-state index in [1.54, 1.807) is 29.8 Å². The molecule has 1 aromatic heterocycles. The zero-order chi connectivity index (χ0) is 15.1. The maximum absolute atomic E-state index is 13.0. The predicted molar refractivity (Wildman–Crippen MR) is 77.2 cm³/mol. The normalized spacial score (nSPS) is 11.0. The Morgan fingerprint density at radius 1 is 1.19 bits per heavy atom. The first kappa shape index (κ1) is 13.2. The zero-order valence-electron chi connectivity index (χ0n) is 11.5. The Morgan fingerprint density at radius 2 is 1.86 bits per heavy atom. The Morgan fingerprint density at radius 3 is 2.48 bits per heavy atom. The first-order chi connectivity index (χ1) is 9.99. The molecule has 0 radical (unpaired) electrons. The van der Waals surface area contributed by atoms with Crippen molar-refractivity contribution in [1.29, 1.82) is 0 Å². The van der Waals surface area contributed by atoms with Crippen molar-refractivity contribution in [2.75, 3.05) is 0 Å². The number of halogens is 1. The van der Waals surface area contributed by atoms with Crippen LogP contribution in [0.1, 0.15) is 11.1 Å². The van der Waals surface area contributed by atoms with Gasteiger partial charge >= 0.3 is 0 Å². The third kappa shape index (κ3) is 2.05. The van der Waals surface area contributed by atoms with Crippen LogP contribution in [0.5, 0.6) is 0 Å². The van der Waals surface area contributed by atoms with Crippen molar-refractivity contribution < 1.29 is 9.31 Å². The zero-order valence-corrected chi connectivity index (χ0v) is 11.5. The smallest absolute Gasteiger partial charge is 0.258 e. The summed E-state index contributed by atoms with van der Waals surface area (Å²) in [6, 6.07) is 7.61. The lowest BCUT2D eigenvalue weighted by Gasteiger charge is -2.07. The van der Waals surface area contributed by atoms with Gasteiger partial charge in [-0.15, -0.1) is 0 Å². The maximum Gasteiger partial charge on any atom is 0.283 e. The molecule has 0 saturated carbocycles. The molecule has 3 aromatic rings. The molecule has 0 aliphatic carbocycles. The van der Waals surface area contributed by atoms with E-state index in [2.05, 4.69) is 5.10 Å². The molecule has 0 N–H and O–H groups in total. The Bertz CT molecular complexity index is 853. The Hall–Kier alpha value is -2.76. The molecule has 21 heavy (non-hydrogen) atoms. The van der Waals surface area contributed by atoms with Gasteiger partial charge in [-0.2, -0.15) is 5.10 Å². The van der Waals surface area contributed by atoms with E-state index in [4.69, 9.17) is 0 Å². The largest absolute Gasteiger partial charge is 0.283 e. The summed E-state index contributed by atoms with van der Waals surface area (Å²) < 4.78 is 14.6. The molecule has 1 heterocycles. The summed E-state index contributed by atoms with van der Waals surface area (Å²) in [4.78, 5) is 10.9. The number of aryl methyl sites for hydroxylation is 2. The van der Waals surface area contributed by atoms with Gasteiger partial charge in [-0.1, -0.05) is 0 Å². The molecule has 6 heteroatoms. The molecular formula is C15H12FN3O2. The van der Waals surface area contributed by atoms with Crippen LogP contribution in [0, 0.1) is 29.8 Å². The molecule has 0 amide bonds. The topological polar surface area (TPSA) is 61.0 Å². The number of hydrogen-bond donors (Lipinski definition) is 0. The van der Waals surface area contributed by atoms with Crippen LogP contribution in [-0.2, 0) is 0 Å². The number of hydrogen-bond acceptors (Lipinski definition) is 3. The molecule has 5 nitrogen and oxygen atoms in total. The highest BCUT2D eigenvalue weighted by Gasteiger charge is 2.21. The van der Waals surface area contributed by atoms with Gasteiger partial charge in [0.1, 0.15) is 5.82 Å². The van der Waals surface area contributed by atoms with Crippen molar-refractivity contribution in [2.24, 2.45) is 0 Å². The second-order valence-corrected chi connectivity index (χ2v) is 4.91. The third-order valence-corrected chi connectivity index (χ3v) is 3.46. The first-order valence-electron chi connectivity index (χ1n) is 6.37. The Kier molecular flexibility index (Phi) is 2.94. The molecule has 0 atom stereocenters. The average molecular weight is 285 g/mol. The second-order valence-electron chi connectivity index (χ2n) is 4.91. The fraction of sp³-hybridized carbons (Fsp3) is 0.133. The summed E-state index contributed by atoms with van der Waals surface area (Å²) in [5.41, 5.74) is 2.87. The second kappa shape index (κ2) is 4.66. The van der Waals surface area contributed by atoms with Gasteiger partial charge in [-0.25, -0.2) is 9.07 Å². The van der Waals surface area contributed by atoms with Crippen LogP contribution in [0.4, 0.5) is 10.1 Å². The van der Waals surface area contributed by atoms with Gasteiger partial charge in [-0.3, -0.25) is 10.1 Å². The number of fused-ring (bicyclic) bond motifs is 1. The summed E-state index contributed by atoms with van der Waals surface area (Å²) in [5.74, 6) is -0.339. The monoisotopic (exact) mass is 285 g/mol. The summed E-state index contributed by atoms with van der Waals surface area (Å²) in [6.45, 7) is 3.58. The number of rotatable bonds is 2. The summed E-state index contributed by atoms with van der Waals surface area (Å²) in [5, 5.41) is 16.0. The highest BCUT2D eigenvalue weighted by atomic mass is 19.1. The quantitative estimate of drug-likeness (QED) is 0.533. The molecule has 106 valence electrons. The van der Waals surface area contributed by atoms with Gasteiger partial charge in [0.05, 0.1) is 27.7 Å². The van der Waals surface area contributed by atoms with E-state index in [9.17, 15) is 14.5 Å². The molecule has 0 unspecified atom stereocenters. The van der Waals surface area contributed by atoms with Crippen LogP contribution in [0.3, 0.4) is 0 Å². The minimum atomic E-state index is -0.395. The van der Waals surface area contributed by atoms with Gasteiger partial charge < -0.3 is 0 Å². The van der Waals surface area contributed by atoms with Gasteiger partial charge in [0.25, 0.3) is 5.69 Å². The number of aromatic nitrogens is 2. The van der Waals surface area contributed by atoms with Crippen molar-refractivity contribution in [3.05, 3.63) is 63.6 Å². The minimum absolute atomic E-state index is 0.0592. The molecule has 0 aliphatic rings. The molecule has 0 fully saturated rings.